The van der Waals surface area contributed by atoms with E-state index in [0.717, 1.165) is 45.9 Å². The molecule has 2 aliphatic heterocycles. The molecule has 0 aliphatic carbocycles. The van der Waals surface area contributed by atoms with Crippen LogP contribution in [0.4, 0.5) is 0 Å². The Hall–Kier alpha value is -0.600. The maximum atomic E-state index is 12.3. The van der Waals surface area contributed by atoms with Crippen LogP contribution in [0.2, 0.25) is 0 Å². The van der Waals surface area contributed by atoms with Gasteiger partial charge in [-0.1, -0.05) is 0 Å². The van der Waals surface area contributed by atoms with E-state index in [1.165, 1.54) is 0 Å². The Balaban J connectivity index is 0.00000264. The summed E-state index contributed by atoms with van der Waals surface area (Å²) in [6, 6.07) is 0.150. The van der Waals surface area contributed by atoms with Crippen LogP contribution in [0.1, 0.15) is 12.8 Å². The fourth-order valence-electron chi connectivity index (χ4n) is 2.79. The van der Waals surface area contributed by atoms with E-state index in [-0.39, 0.29) is 42.7 Å². The van der Waals surface area contributed by atoms with E-state index in [0.29, 0.717) is 19.4 Å². The molecular weight excluding hydrogens is 355 g/mol. The van der Waals surface area contributed by atoms with Crippen LogP contribution in [0.25, 0.3) is 0 Å². The highest BCUT2D eigenvalue weighted by Crippen LogP contribution is 2.08. The molecule has 2 heterocycles. The summed E-state index contributed by atoms with van der Waals surface area (Å²) >= 11 is 0. The van der Waals surface area contributed by atoms with E-state index < -0.39 is 0 Å². The molecule has 142 valence electrons. The largest absolute Gasteiger partial charge is 0.378 e. The van der Waals surface area contributed by atoms with Gasteiger partial charge in [-0.2, -0.15) is 0 Å². The van der Waals surface area contributed by atoms with Crippen molar-refractivity contribution in [1.29, 1.82) is 0 Å². The van der Waals surface area contributed by atoms with Crippen molar-refractivity contribution in [3.63, 3.8) is 0 Å². The Morgan fingerprint density at radius 3 is 2.38 bits per heavy atom. The average molecular weight is 385 g/mol. The SMILES string of the molecule is CN(C)C(=O)CCN1CCN(C(=O)CC2COCCN2)CC1.Cl.Cl. The zero-order valence-corrected chi connectivity index (χ0v) is 16.2. The van der Waals surface area contributed by atoms with Gasteiger partial charge in [0.15, 0.2) is 0 Å². The molecule has 7 nitrogen and oxygen atoms in total. The number of nitrogens with one attached hydrogen (secondary N) is 1. The third kappa shape index (κ3) is 7.53. The lowest BCUT2D eigenvalue weighted by Crippen LogP contribution is -2.51. The maximum absolute atomic E-state index is 12.3. The number of halogens is 2. The van der Waals surface area contributed by atoms with Crippen LogP contribution >= 0.6 is 24.8 Å². The molecule has 0 radical (unpaired) electrons. The molecule has 1 N–H and O–H groups in total. The minimum Gasteiger partial charge on any atom is -0.378 e. The van der Waals surface area contributed by atoms with E-state index in [1.807, 2.05) is 4.90 Å². The fraction of sp³-hybridized carbons (Fsp3) is 0.867. The topological polar surface area (TPSA) is 65.1 Å². The van der Waals surface area contributed by atoms with Gasteiger partial charge in [0.1, 0.15) is 0 Å². The number of rotatable bonds is 5. The first-order valence-electron chi connectivity index (χ1n) is 8.07. The van der Waals surface area contributed by atoms with E-state index in [1.54, 1.807) is 19.0 Å². The van der Waals surface area contributed by atoms with Crippen LogP contribution in [-0.4, -0.2) is 99.1 Å². The minimum absolute atomic E-state index is 0. The highest BCUT2D eigenvalue weighted by Gasteiger charge is 2.24. The summed E-state index contributed by atoms with van der Waals surface area (Å²) in [7, 11) is 3.56. The van der Waals surface area contributed by atoms with E-state index in [4.69, 9.17) is 4.74 Å². The Morgan fingerprint density at radius 1 is 1.17 bits per heavy atom. The summed E-state index contributed by atoms with van der Waals surface area (Å²) in [6.07, 6.45) is 1.06. The summed E-state index contributed by atoms with van der Waals surface area (Å²) in [6.45, 7) is 6.16. The Kier molecular flexibility index (Phi) is 11.6. The summed E-state index contributed by atoms with van der Waals surface area (Å²) in [5.74, 6) is 0.355. The van der Waals surface area contributed by atoms with Crippen molar-refractivity contribution in [2.45, 2.75) is 18.9 Å². The molecule has 2 aliphatic rings. The first kappa shape index (κ1) is 23.4. The van der Waals surface area contributed by atoms with Gasteiger partial charge in [-0.15, -0.1) is 24.8 Å². The fourth-order valence-corrected chi connectivity index (χ4v) is 2.79. The molecule has 0 saturated carbocycles. The third-order valence-electron chi connectivity index (χ3n) is 4.29. The molecule has 24 heavy (non-hydrogen) atoms. The molecule has 0 aromatic heterocycles. The standard InChI is InChI=1S/C15H28N4O3.2ClH/c1-17(2)14(20)3-5-18-6-8-19(9-7-18)15(21)11-13-12-22-10-4-16-13;;/h13,16H,3-12H2,1-2H3;2*1H. The second-order valence-electron chi connectivity index (χ2n) is 6.19. The van der Waals surface area contributed by atoms with Crippen molar-refractivity contribution >= 4 is 36.6 Å². The molecule has 0 bridgehead atoms. The highest BCUT2D eigenvalue weighted by atomic mass is 35.5. The quantitative estimate of drug-likeness (QED) is 0.712. The van der Waals surface area contributed by atoms with Crippen LogP contribution in [0.5, 0.6) is 0 Å². The summed E-state index contributed by atoms with van der Waals surface area (Å²) in [5.41, 5.74) is 0. The van der Waals surface area contributed by atoms with Crippen LogP contribution in [0.3, 0.4) is 0 Å². The Bertz CT molecular complexity index is 385. The summed E-state index contributed by atoms with van der Waals surface area (Å²) in [5, 5.41) is 3.32. The number of carbonyl (C=O) groups excluding carboxylic acids is 2. The number of morpholine rings is 1. The van der Waals surface area contributed by atoms with E-state index in [2.05, 4.69) is 10.2 Å². The molecule has 0 aromatic carbocycles. The number of ether oxygens (including phenoxy) is 1. The number of hydrogen-bond donors (Lipinski definition) is 1. The van der Waals surface area contributed by atoms with Gasteiger partial charge >= 0.3 is 0 Å². The Labute approximate surface area is 156 Å². The number of hydrogen-bond acceptors (Lipinski definition) is 5. The van der Waals surface area contributed by atoms with Gasteiger partial charge in [0, 0.05) is 72.2 Å². The van der Waals surface area contributed by atoms with Crippen LogP contribution < -0.4 is 5.32 Å². The molecule has 1 atom stereocenters. The van der Waals surface area contributed by atoms with Gasteiger partial charge in [-0.25, -0.2) is 0 Å². The van der Waals surface area contributed by atoms with Crippen molar-refractivity contribution in [2.75, 3.05) is 66.6 Å². The molecule has 2 saturated heterocycles. The summed E-state index contributed by atoms with van der Waals surface area (Å²) in [4.78, 5) is 29.7. The molecule has 1 unspecified atom stereocenters. The number of carbonyl (C=O) groups is 2. The number of piperazine rings is 1. The first-order valence-corrected chi connectivity index (χ1v) is 8.07. The molecular formula is C15H30Cl2N4O3. The van der Waals surface area contributed by atoms with Gasteiger partial charge in [0.25, 0.3) is 0 Å². The minimum atomic E-state index is 0. The zero-order valence-electron chi connectivity index (χ0n) is 14.5. The maximum Gasteiger partial charge on any atom is 0.224 e. The first-order chi connectivity index (χ1) is 10.6. The predicted octanol–water partition coefficient (Wildman–Crippen LogP) is -0.169. The zero-order chi connectivity index (χ0) is 15.9. The van der Waals surface area contributed by atoms with Gasteiger partial charge in [0.2, 0.25) is 11.8 Å². The van der Waals surface area contributed by atoms with Crippen molar-refractivity contribution in [1.82, 2.24) is 20.0 Å². The lowest BCUT2D eigenvalue weighted by atomic mass is 10.1. The lowest BCUT2D eigenvalue weighted by Gasteiger charge is -2.35. The van der Waals surface area contributed by atoms with Crippen molar-refractivity contribution in [3.05, 3.63) is 0 Å². The molecule has 0 spiro atoms. The average Bonchev–Trinajstić information content (AvgIpc) is 2.54. The number of nitrogens with zero attached hydrogens (tertiary/aromatic N) is 3. The summed E-state index contributed by atoms with van der Waals surface area (Å²) < 4.78 is 5.38. The van der Waals surface area contributed by atoms with Crippen molar-refractivity contribution < 1.29 is 14.3 Å². The van der Waals surface area contributed by atoms with Crippen LogP contribution in [-0.2, 0) is 14.3 Å². The molecule has 2 rings (SSSR count). The molecule has 2 fully saturated rings. The van der Waals surface area contributed by atoms with E-state index in [9.17, 15) is 9.59 Å². The van der Waals surface area contributed by atoms with Gasteiger partial charge in [-0.3, -0.25) is 14.5 Å². The Morgan fingerprint density at radius 2 is 1.83 bits per heavy atom. The lowest BCUT2D eigenvalue weighted by molar-refractivity contribution is -0.135. The third-order valence-corrected chi connectivity index (χ3v) is 4.29. The van der Waals surface area contributed by atoms with E-state index >= 15 is 0 Å². The predicted molar refractivity (Wildman–Crippen MR) is 98.1 cm³/mol. The molecule has 2 amide bonds. The second kappa shape index (κ2) is 11.9. The van der Waals surface area contributed by atoms with Crippen molar-refractivity contribution in [3.8, 4) is 0 Å². The monoisotopic (exact) mass is 384 g/mol. The van der Waals surface area contributed by atoms with Gasteiger partial charge < -0.3 is 19.9 Å². The van der Waals surface area contributed by atoms with Crippen molar-refractivity contribution in [2.24, 2.45) is 0 Å². The molecule has 0 aromatic rings. The number of amides is 2. The second-order valence-corrected chi connectivity index (χ2v) is 6.19. The van der Waals surface area contributed by atoms with Crippen LogP contribution in [0, 0.1) is 0 Å². The van der Waals surface area contributed by atoms with Gasteiger partial charge in [0.05, 0.1) is 13.2 Å². The normalized spacial score (nSPS) is 21.4. The molecule has 9 heteroatoms. The van der Waals surface area contributed by atoms with Crippen LogP contribution in [0.15, 0.2) is 0 Å². The van der Waals surface area contributed by atoms with Gasteiger partial charge in [-0.05, 0) is 0 Å². The highest BCUT2D eigenvalue weighted by molar-refractivity contribution is 5.85. The smallest absolute Gasteiger partial charge is 0.224 e.